The van der Waals surface area contributed by atoms with Crippen molar-refractivity contribution in [3.63, 3.8) is 0 Å². The van der Waals surface area contributed by atoms with Crippen LogP contribution in [0.25, 0.3) is 0 Å². The van der Waals surface area contributed by atoms with Gasteiger partial charge in [-0.2, -0.15) is 0 Å². The average Bonchev–Trinajstić information content (AvgIpc) is 3.45. The number of hydrogen-bond donors (Lipinski definition) is 1. The molecule has 2 aromatic carbocycles. The number of hydrogen-bond acceptors (Lipinski definition) is 3. The van der Waals surface area contributed by atoms with Gasteiger partial charge in [-0.15, -0.1) is 0 Å². The van der Waals surface area contributed by atoms with Crippen molar-refractivity contribution >= 4 is 12.1 Å². The number of benzene rings is 2. The van der Waals surface area contributed by atoms with E-state index in [-0.39, 0.29) is 18.2 Å². The van der Waals surface area contributed by atoms with Gasteiger partial charge in [0, 0.05) is 11.6 Å². The average molecular weight is 357 g/mol. The highest BCUT2D eigenvalue weighted by molar-refractivity contribution is 5.82. The van der Waals surface area contributed by atoms with Gasteiger partial charge in [-0.05, 0) is 31.4 Å². The van der Waals surface area contributed by atoms with Gasteiger partial charge in [-0.25, -0.2) is 14.0 Å². The summed E-state index contributed by atoms with van der Waals surface area (Å²) in [5.41, 5.74) is 1.49. The SMILES string of the molecule is Cc1ccc(F)c(C(C(=O)O)N(C(=O)OCc2ccccc2)C2CC2)c1. The molecule has 2 aromatic rings. The minimum absolute atomic E-state index is 0.0268. The smallest absolute Gasteiger partial charge is 0.411 e. The summed E-state index contributed by atoms with van der Waals surface area (Å²) in [6.45, 7) is 1.78. The highest BCUT2D eigenvalue weighted by Gasteiger charge is 2.43. The Morgan fingerprint density at radius 3 is 2.54 bits per heavy atom. The first-order valence-electron chi connectivity index (χ1n) is 8.45. The van der Waals surface area contributed by atoms with Crippen LogP contribution in [0.4, 0.5) is 9.18 Å². The molecular weight excluding hydrogens is 337 g/mol. The van der Waals surface area contributed by atoms with Crippen LogP contribution in [0.2, 0.25) is 0 Å². The molecule has 1 aliphatic rings. The first-order chi connectivity index (χ1) is 12.5. The van der Waals surface area contributed by atoms with Crippen LogP contribution in [0.1, 0.15) is 35.6 Å². The fourth-order valence-electron chi connectivity index (χ4n) is 2.89. The quantitative estimate of drug-likeness (QED) is 0.847. The van der Waals surface area contributed by atoms with Gasteiger partial charge >= 0.3 is 12.1 Å². The van der Waals surface area contributed by atoms with Crippen molar-refractivity contribution < 1.29 is 23.8 Å². The first-order valence-corrected chi connectivity index (χ1v) is 8.45. The van der Waals surface area contributed by atoms with E-state index in [4.69, 9.17) is 4.74 Å². The molecule has 0 aromatic heterocycles. The Balaban J connectivity index is 1.85. The lowest BCUT2D eigenvalue weighted by molar-refractivity contribution is -0.143. The fourth-order valence-corrected chi connectivity index (χ4v) is 2.89. The number of carboxylic acids is 1. The Morgan fingerprint density at radius 2 is 1.92 bits per heavy atom. The molecule has 1 atom stereocenters. The van der Waals surface area contributed by atoms with Gasteiger partial charge in [0.25, 0.3) is 0 Å². The summed E-state index contributed by atoms with van der Waals surface area (Å²) in [5, 5.41) is 9.71. The molecule has 1 N–H and O–H groups in total. The molecule has 136 valence electrons. The van der Waals surface area contributed by atoms with E-state index in [2.05, 4.69) is 0 Å². The van der Waals surface area contributed by atoms with Gasteiger partial charge in [0.05, 0.1) is 0 Å². The van der Waals surface area contributed by atoms with Crippen molar-refractivity contribution in [3.8, 4) is 0 Å². The van der Waals surface area contributed by atoms with E-state index in [1.165, 1.54) is 12.1 Å². The molecule has 0 radical (unpaired) electrons. The number of rotatable bonds is 6. The van der Waals surface area contributed by atoms with Crippen LogP contribution < -0.4 is 0 Å². The molecule has 26 heavy (non-hydrogen) atoms. The van der Waals surface area contributed by atoms with E-state index in [9.17, 15) is 19.1 Å². The maximum absolute atomic E-state index is 14.3. The third kappa shape index (κ3) is 4.02. The van der Waals surface area contributed by atoms with Crippen LogP contribution in [0.5, 0.6) is 0 Å². The van der Waals surface area contributed by atoms with E-state index in [1.54, 1.807) is 13.0 Å². The Hall–Kier alpha value is -2.89. The van der Waals surface area contributed by atoms with Gasteiger partial charge in [-0.1, -0.05) is 48.0 Å². The Kier molecular flexibility index (Phi) is 5.21. The summed E-state index contributed by atoms with van der Waals surface area (Å²) in [7, 11) is 0. The van der Waals surface area contributed by atoms with Gasteiger partial charge < -0.3 is 9.84 Å². The van der Waals surface area contributed by atoms with Gasteiger partial charge in [-0.3, -0.25) is 4.90 Å². The van der Waals surface area contributed by atoms with E-state index in [0.29, 0.717) is 12.8 Å². The summed E-state index contributed by atoms with van der Waals surface area (Å²) in [6.07, 6.45) is 0.611. The van der Waals surface area contributed by atoms with E-state index in [1.807, 2.05) is 30.3 Å². The largest absolute Gasteiger partial charge is 0.479 e. The molecule has 0 aliphatic heterocycles. The number of carbonyl (C=O) groups excluding carboxylic acids is 1. The van der Waals surface area contributed by atoms with Crippen LogP contribution in [0, 0.1) is 12.7 Å². The summed E-state index contributed by atoms with van der Waals surface area (Å²) < 4.78 is 19.6. The summed E-state index contributed by atoms with van der Waals surface area (Å²) in [6, 6.07) is 11.7. The predicted molar refractivity (Wildman–Crippen MR) is 93.0 cm³/mol. The topological polar surface area (TPSA) is 66.8 Å². The molecule has 1 amide bonds. The fraction of sp³-hybridized carbons (Fsp3) is 0.300. The maximum atomic E-state index is 14.3. The van der Waals surface area contributed by atoms with Crippen LogP contribution in [-0.4, -0.2) is 28.1 Å². The number of ether oxygens (including phenoxy) is 1. The molecule has 0 saturated heterocycles. The molecule has 0 heterocycles. The van der Waals surface area contributed by atoms with E-state index < -0.39 is 23.9 Å². The molecular formula is C20H20FNO4. The van der Waals surface area contributed by atoms with Crippen molar-refractivity contribution in [1.29, 1.82) is 0 Å². The third-order valence-electron chi connectivity index (χ3n) is 4.31. The molecule has 1 unspecified atom stereocenters. The van der Waals surface area contributed by atoms with Crippen molar-refractivity contribution in [1.82, 2.24) is 4.90 Å². The monoisotopic (exact) mass is 357 g/mol. The molecule has 3 rings (SSSR count). The zero-order chi connectivity index (χ0) is 18.7. The number of amides is 1. The van der Waals surface area contributed by atoms with Gasteiger partial charge in [0.15, 0.2) is 6.04 Å². The molecule has 0 bridgehead atoms. The van der Waals surface area contributed by atoms with Crippen LogP contribution in [0.3, 0.4) is 0 Å². The number of halogens is 1. The highest BCUT2D eigenvalue weighted by Crippen LogP contribution is 2.36. The molecule has 1 saturated carbocycles. The molecule has 1 fully saturated rings. The second-order valence-corrected chi connectivity index (χ2v) is 6.44. The lowest BCUT2D eigenvalue weighted by Crippen LogP contribution is -2.41. The maximum Gasteiger partial charge on any atom is 0.411 e. The summed E-state index contributed by atoms with van der Waals surface area (Å²) in [5.74, 6) is -1.93. The zero-order valence-electron chi connectivity index (χ0n) is 14.4. The molecule has 5 nitrogen and oxygen atoms in total. The highest BCUT2D eigenvalue weighted by atomic mass is 19.1. The van der Waals surface area contributed by atoms with E-state index in [0.717, 1.165) is 16.0 Å². The van der Waals surface area contributed by atoms with Crippen molar-refractivity contribution in [3.05, 3.63) is 71.0 Å². The number of aryl methyl sites for hydroxylation is 1. The molecule has 0 spiro atoms. The molecule has 1 aliphatic carbocycles. The van der Waals surface area contributed by atoms with Crippen LogP contribution in [0.15, 0.2) is 48.5 Å². The normalized spacial score (nSPS) is 14.5. The minimum atomic E-state index is -1.41. The second kappa shape index (κ2) is 7.56. The first kappa shape index (κ1) is 17.9. The summed E-state index contributed by atoms with van der Waals surface area (Å²) in [4.78, 5) is 25.7. The number of aliphatic carboxylic acids is 1. The van der Waals surface area contributed by atoms with Crippen LogP contribution in [-0.2, 0) is 16.1 Å². The Bertz CT molecular complexity index is 805. The van der Waals surface area contributed by atoms with Crippen molar-refractivity contribution in [2.75, 3.05) is 0 Å². The number of carboxylic acid groups (broad SMARTS) is 1. The Labute approximate surface area is 151 Å². The predicted octanol–water partition coefficient (Wildman–Crippen LogP) is 4.06. The standard InChI is InChI=1S/C20H20FNO4/c1-13-7-10-17(21)16(11-13)18(19(23)24)22(15-8-9-15)20(25)26-12-14-5-3-2-4-6-14/h2-7,10-11,15,18H,8-9,12H2,1H3,(H,23,24). The van der Waals surface area contributed by atoms with Crippen molar-refractivity contribution in [2.24, 2.45) is 0 Å². The van der Waals surface area contributed by atoms with E-state index >= 15 is 0 Å². The lowest BCUT2D eigenvalue weighted by Gasteiger charge is -2.29. The Morgan fingerprint density at radius 1 is 1.23 bits per heavy atom. The lowest BCUT2D eigenvalue weighted by atomic mass is 10.0. The minimum Gasteiger partial charge on any atom is -0.479 e. The van der Waals surface area contributed by atoms with Crippen molar-refractivity contribution in [2.45, 2.75) is 38.5 Å². The molecule has 6 heteroatoms. The second-order valence-electron chi connectivity index (χ2n) is 6.44. The van der Waals surface area contributed by atoms with Gasteiger partial charge in [0.1, 0.15) is 12.4 Å². The third-order valence-corrected chi connectivity index (χ3v) is 4.31. The van der Waals surface area contributed by atoms with Crippen LogP contribution >= 0.6 is 0 Å². The summed E-state index contributed by atoms with van der Waals surface area (Å²) >= 11 is 0. The zero-order valence-corrected chi connectivity index (χ0v) is 14.4. The number of nitrogens with zero attached hydrogens (tertiary/aromatic N) is 1. The number of carbonyl (C=O) groups is 2. The van der Waals surface area contributed by atoms with Gasteiger partial charge in [0.2, 0.25) is 0 Å².